The molecule has 0 unspecified atom stereocenters. The van der Waals surface area contributed by atoms with Gasteiger partial charge in [0.2, 0.25) is 0 Å². The highest BCUT2D eigenvalue weighted by molar-refractivity contribution is 5.94. The number of carbonyl (C=O) groups is 1. The Morgan fingerprint density at radius 2 is 2.08 bits per heavy atom. The van der Waals surface area contributed by atoms with E-state index in [-0.39, 0.29) is 11.3 Å². The molecule has 1 aliphatic heterocycles. The minimum atomic E-state index is -1.10. The molecule has 26 heavy (non-hydrogen) atoms. The van der Waals surface area contributed by atoms with Crippen molar-refractivity contribution in [3.63, 3.8) is 0 Å². The molecule has 136 valence electrons. The Kier molecular flexibility index (Phi) is 4.50. The molecule has 8 heteroatoms. The monoisotopic (exact) mass is 357 g/mol. The number of methoxy groups -OCH3 is 1. The predicted octanol–water partition coefficient (Wildman–Crippen LogP) is 2.24. The van der Waals surface area contributed by atoms with Gasteiger partial charge in [0.25, 0.3) is 0 Å². The van der Waals surface area contributed by atoms with E-state index in [9.17, 15) is 19.6 Å². The van der Waals surface area contributed by atoms with Crippen LogP contribution in [0.2, 0.25) is 0 Å². The number of amides is 1. The van der Waals surface area contributed by atoms with Crippen molar-refractivity contribution in [3.8, 4) is 22.8 Å². The van der Waals surface area contributed by atoms with Crippen LogP contribution in [0.5, 0.6) is 11.5 Å². The molecule has 1 N–H and O–H groups in total. The number of fused-ring (bicyclic) bond motifs is 3. The first kappa shape index (κ1) is 17.7. The zero-order valence-corrected chi connectivity index (χ0v) is 14.7. The molecule has 1 aliphatic rings. The maximum absolute atomic E-state index is 12.3. The van der Waals surface area contributed by atoms with Gasteiger partial charge >= 0.3 is 5.91 Å². The summed E-state index contributed by atoms with van der Waals surface area (Å²) < 4.78 is 6.85. The number of hydrogen-bond donors (Lipinski definition) is 1. The van der Waals surface area contributed by atoms with Gasteiger partial charge in [0.1, 0.15) is 5.56 Å². The van der Waals surface area contributed by atoms with Crippen molar-refractivity contribution < 1.29 is 14.6 Å². The molecule has 0 saturated heterocycles. The lowest BCUT2D eigenvalue weighted by Crippen LogP contribution is -2.41. The van der Waals surface area contributed by atoms with Gasteiger partial charge in [-0.15, -0.1) is 4.91 Å². The molecule has 3 rings (SSSR count). The molecule has 2 heterocycles. The van der Waals surface area contributed by atoms with Gasteiger partial charge in [0, 0.05) is 29.5 Å². The van der Waals surface area contributed by atoms with E-state index in [0.717, 1.165) is 5.56 Å². The third kappa shape index (κ3) is 2.94. The number of nitroso groups, excluding NO2 is 1. The fourth-order valence-corrected chi connectivity index (χ4v) is 3.16. The first-order valence-electron chi connectivity index (χ1n) is 8.15. The lowest BCUT2D eigenvalue weighted by molar-refractivity contribution is 0.0999. The molecule has 0 bridgehead atoms. The molecule has 1 aromatic heterocycles. The highest BCUT2D eigenvalue weighted by Gasteiger charge is 2.26. The number of ether oxygens (including phenoxy) is 1. The third-order valence-corrected chi connectivity index (χ3v) is 4.26. The predicted molar refractivity (Wildman–Crippen MR) is 96.1 cm³/mol. The van der Waals surface area contributed by atoms with Crippen LogP contribution in [0.25, 0.3) is 11.3 Å². The van der Waals surface area contributed by atoms with E-state index in [1.54, 1.807) is 10.7 Å². The number of nitrogens with zero attached hydrogens (tertiary/aromatic N) is 3. The zero-order valence-electron chi connectivity index (χ0n) is 14.7. The Labute approximate surface area is 149 Å². The molecule has 1 amide bonds. The number of phenols is 1. The Hall–Kier alpha value is -3.16. The summed E-state index contributed by atoms with van der Waals surface area (Å²) in [4.78, 5) is 34.6. The van der Waals surface area contributed by atoms with E-state index in [4.69, 9.17) is 4.74 Å². The number of hydrogen-bond acceptors (Lipinski definition) is 6. The second kappa shape index (κ2) is 6.62. The molecular weight excluding hydrogens is 338 g/mol. The van der Waals surface area contributed by atoms with E-state index in [0.29, 0.717) is 36.0 Å². The van der Waals surface area contributed by atoms with E-state index in [2.05, 4.69) is 5.18 Å². The van der Waals surface area contributed by atoms with Crippen LogP contribution in [-0.2, 0) is 6.54 Å². The molecule has 8 nitrogen and oxygen atoms in total. The SMILES string of the molecule is COc1cc2c(cc1O)-c1cc(=O)c(C(=O)N=O)cn1N(CC(C)C)C2. The number of carbonyl (C=O) groups excluding carboxylic acids is 1. The van der Waals surface area contributed by atoms with Crippen LogP contribution < -0.4 is 15.2 Å². The van der Waals surface area contributed by atoms with Crippen molar-refractivity contribution in [3.05, 3.63) is 50.7 Å². The number of benzene rings is 1. The maximum atomic E-state index is 12.3. The zero-order chi connectivity index (χ0) is 19.0. The number of phenolic OH excluding ortho intramolecular Hbond substituents is 1. The van der Waals surface area contributed by atoms with Gasteiger partial charge < -0.3 is 14.9 Å². The Morgan fingerprint density at radius 3 is 2.69 bits per heavy atom. The fraction of sp³-hybridized carbons (Fsp3) is 0.333. The summed E-state index contributed by atoms with van der Waals surface area (Å²) in [5, 5.41) is 14.4. The molecule has 0 atom stereocenters. The largest absolute Gasteiger partial charge is 0.504 e. The molecule has 0 radical (unpaired) electrons. The fourth-order valence-electron chi connectivity index (χ4n) is 3.16. The Bertz CT molecular complexity index is 949. The van der Waals surface area contributed by atoms with Crippen molar-refractivity contribution in [2.75, 3.05) is 18.7 Å². The Morgan fingerprint density at radius 1 is 1.35 bits per heavy atom. The topological polar surface area (TPSA) is 101 Å². The average Bonchev–Trinajstić information content (AvgIpc) is 2.60. The van der Waals surface area contributed by atoms with E-state index in [1.165, 1.54) is 25.4 Å². The minimum absolute atomic E-state index is 0.0442. The number of aromatic nitrogens is 1. The molecule has 0 spiro atoms. The minimum Gasteiger partial charge on any atom is -0.504 e. The van der Waals surface area contributed by atoms with Gasteiger partial charge in [-0.05, 0) is 23.6 Å². The van der Waals surface area contributed by atoms with Gasteiger partial charge in [-0.3, -0.25) is 14.3 Å². The van der Waals surface area contributed by atoms with Gasteiger partial charge in [0.05, 0.1) is 19.3 Å². The summed E-state index contributed by atoms with van der Waals surface area (Å²) in [6.45, 7) is 5.24. The maximum Gasteiger partial charge on any atom is 0.322 e. The van der Waals surface area contributed by atoms with Crippen LogP contribution in [0, 0.1) is 10.8 Å². The number of aromatic hydroxyl groups is 1. The lowest BCUT2D eigenvalue weighted by Gasteiger charge is -2.36. The number of pyridine rings is 1. The van der Waals surface area contributed by atoms with E-state index < -0.39 is 11.3 Å². The van der Waals surface area contributed by atoms with E-state index in [1.807, 2.05) is 18.9 Å². The average molecular weight is 357 g/mol. The molecule has 0 aliphatic carbocycles. The van der Waals surface area contributed by atoms with Crippen molar-refractivity contribution in [2.24, 2.45) is 11.1 Å². The molecule has 1 aromatic carbocycles. The third-order valence-electron chi connectivity index (χ3n) is 4.26. The van der Waals surface area contributed by atoms with Gasteiger partial charge in [0.15, 0.2) is 16.9 Å². The normalized spacial score (nSPS) is 12.5. The van der Waals surface area contributed by atoms with Crippen LogP contribution in [0.3, 0.4) is 0 Å². The number of rotatable bonds is 4. The standard InChI is InChI=1S/C18H19N3O5/c1-10(2)7-20-8-11-4-17(26-3)16(23)5-12(11)14-6-15(22)13(9-21(14)20)18(24)19-25/h4-6,9-10,23H,7-8H2,1-3H3. The van der Waals surface area contributed by atoms with Crippen LogP contribution in [0.1, 0.15) is 29.8 Å². The van der Waals surface area contributed by atoms with E-state index >= 15 is 0 Å². The first-order valence-corrected chi connectivity index (χ1v) is 8.15. The smallest absolute Gasteiger partial charge is 0.322 e. The van der Waals surface area contributed by atoms with Gasteiger partial charge in [-0.25, -0.2) is 0 Å². The summed E-state index contributed by atoms with van der Waals surface area (Å²) in [7, 11) is 1.47. The van der Waals surface area contributed by atoms with Crippen molar-refractivity contribution in [1.82, 2.24) is 4.68 Å². The second-order valence-corrected chi connectivity index (χ2v) is 6.60. The molecule has 0 saturated carbocycles. The Balaban J connectivity index is 2.26. The summed E-state index contributed by atoms with van der Waals surface area (Å²) >= 11 is 0. The van der Waals surface area contributed by atoms with Crippen molar-refractivity contribution >= 4 is 5.91 Å². The van der Waals surface area contributed by atoms with Crippen LogP contribution in [0.4, 0.5) is 0 Å². The first-order chi connectivity index (χ1) is 12.3. The molecule has 0 fully saturated rings. The van der Waals surface area contributed by atoms with Gasteiger partial charge in [-0.1, -0.05) is 13.8 Å². The second-order valence-electron chi connectivity index (χ2n) is 6.60. The highest BCUT2D eigenvalue weighted by atomic mass is 16.5. The lowest BCUT2D eigenvalue weighted by atomic mass is 9.99. The summed E-state index contributed by atoms with van der Waals surface area (Å²) in [5.74, 6) is -0.484. The summed E-state index contributed by atoms with van der Waals surface area (Å²) in [5.41, 5.74) is 1.20. The van der Waals surface area contributed by atoms with Gasteiger partial charge in [-0.2, -0.15) is 0 Å². The van der Waals surface area contributed by atoms with Crippen molar-refractivity contribution in [2.45, 2.75) is 20.4 Å². The van der Waals surface area contributed by atoms with Crippen LogP contribution >= 0.6 is 0 Å². The molecule has 2 aromatic rings. The quantitative estimate of drug-likeness (QED) is 0.842. The summed E-state index contributed by atoms with van der Waals surface area (Å²) in [6, 6.07) is 4.55. The summed E-state index contributed by atoms with van der Waals surface area (Å²) in [6.07, 6.45) is 1.34. The molecular formula is C18H19N3O5. The van der Waals surface area contributed by atoms with Crippen LogP contribution in [-0.4, -0.2) is 29.3 Å². The van der Waals surface area contributed by atoms with Crippen molar-refractivity contribution in [1.29, 1.82) is 0 Å². The highest BCUT2D eigenvalue weighted by Crippen LogP contribution is 2.37. The van der Waals surface area contributed by atoms with Crippen LogP contribution in [0.15, 0.2) is 34.4 Å².